The number of nitrogens with one attached hydrogen (secondary N) is 1. The average Bonchev–Trinajstić information content (AvgIpc) is 2.24. The van der Waals surface area contributed by atoms with Crippen molar-refractivity contribution in [2.24, 2.45) is 13.0 Å². The van der Waals surface area contributed by atoms with Crippen molar-refractivity contribution in [1.29, 1.82) is 0 Å². The van der Waals surface area contributed by atoms with Crippen LogP contribution in [-0.2, 0) is 13.5 Å². The van der Waals surface area contributed by atoms with Crippen molar-refractivity contribution in [2.45, 2.75) is 20.3 Å². The van der Waals surface area contributed by atoms with Gasteiger partial charge >= 0.3 is 5.69 Å². The Morgan fingerprint density at radius 2 is 2.00 bits per heavy atom. The second-order valence-electron chi connectivity index (χ2n) is 4.64. The van der Waals surface area contributed by atoms with Crippen molar-refractivity contribution in [2.75, 3.05) is 5.73 Å². The highest BCUT2D eigenvalue weighted by Crippen LogP contribution is 2.13. The van der Waals surface area contributed by atoms with E-state index in [2.05, 4.69) is 15.0 Å². The summed E-state index contributed by atoms with van der Waals surface area (Å²) in [7, 11) is 1.41. The second kappa shape index (κ2) is 4.25. The molecule has 0 aliphatic rings. The Labute approximate surface area is 103 Å². The van der Waals surface area contributed by atoms with Crippen LogP contribution in [0.4, 0.5) is 5.95 Å². The molecule has 3 N–H and O–H groups in total. The molecule has 0 radical (unpaired) electrons. The standard InChI is InChI=1S/C11H15N5O2/c1-5(2)4-6-7-8(14-10(12)13-6)15-11(18)16(3)9(7)17/h5H,4H2,1-3H3,(H3,12,13,14,15,18). The molecular weight excluding hydrogens is 234 g/mol. The van der Waals surface area contributed by atoms with Crippen LogP contribution < -0.4 is 17.0 Å². The molecule has 18 heavy (non-hydrogen) atoms. The van der Waals surface area contributed by atoms with Crippen molar-refractivity contribution in [3.8, 4) is 0 Å². The number of aromatic nitrogens is 4. The van der Waals surface area contributed by atoms with Gasteiger partial charge in [-0.1, -0.05) is 13.8 Å². The summed E-state index contributed by atoms with van der Waals surface area (Å²) in [6.07, 6.45) is 0.602. The monoisotopic (exact) mass is 249 g/mol. The molecule has 0 bridgehead atoms. The van der Waals surface area contributed by atoms with Crippen LogP contribution in [0.5, 0.6) is 0 Å². The first-order chi connectivity index (χ1) is 8.40. The average molecular weight is 249 g/mol. The molecule has 0 saturated heterocycles. The van der Waals surface area contributed by atoms with E-state index < -0.39 is 11.2 Å². The Balaban J connectivity index is 2.90. The number of hydrogen-bond acceptors (Lipinski definition) is 5. The van der Waals surface area contributed by atoms with Crippen LogP contribution in [0.3, 0.4) is 0 Å². The minimum Gasteiger partial charge on any atom is -0.368 e. The third-order valence-electron chi connectivity index (χ3n) is 2.65. The fraction of sp³-hybridized carbons (Fsp3) is 0.455. The summed E-state index contributed by atoms with van der Waals surface area (Å²) in [6, 6.07) is 0. The molecule has 0 aromatic carbocycles. The SMILES string of the molecule is CC(C)Cc1nc(N)nc2[nH]c(=O)n(C)c(=O)c12. The number of nitrogens with two attached hydrogens (primary N) is 1. The van der Waals surface area contributed by atoms with Crippen LogP contribution in [0.1, 0.15) is 19.5 Å². The molecule has 0 atom stereocenters. The third kappa shape index (κ3) is 1.99. The van der Waals surface area contributed by atoms with E-state index in [0.29, 0.717) is 23.4 Å². The largest absolute Gasteiger partial charge is 0.368 e. The lowest BCUT2D eigenvalue weighted by Gasteiger charge is -2.08. The van der Waals surface area contributed by atoms with Gasteiger partial charge in [-0.15, -0.1) is 0 Å². The van der Waals surface area contributed by atoms with Gasteiger partial charge in [0.15, 0.2) is 5.65 Å². The first-order valence-corrected chi connectivity index (χ1v) is 5.65. The van der Waals surface area contributed by atoms with Gasteiger partial charge in [-0.3, -0.25) is 14.3 Å². The quantitative estimate of drug-likeness (QED) is 0.766. The maximum absolute atomic E-state index is 12.1. The number of anilines is 1. The van der Waals surface area contributed by atoms with Crippen LogP contribution in [0.2, 0.25) is 0 Å². The molecule has 7 nitrogen and oxygen atoms in total. The molecular formula is C11H15N5O2. The number of aromatic amines is 1. The van der Waals surface area contributed by atoms with E-state index in [4.69, 9.17) is 5.73 Å². The fourth-order valence-corrected chi connectivity index (χ4v) is 1.82. The van der Waals surface area contributed by atoms with Crippen LogP contribution in [0, 0.1) is 5.92 Å². The van der Waals surface area contributed by atoms with E-state index in [1.54, 1.807) is 0 Å². The van der Waals surface area contributed by atoms with Gasteiger partial charge in [0, 0.05) is 7.05 Å². The molecule has 2 aromatic heterocycles. The van der Waals surface area contributed by atoms with E-state index in [1.165, 1.54) is 7.05 Å². The topological polar surface area (TPSA) is 107 Å². The number of nitrogens with zero attached hydrogens (tertiary/aromatic N) is 3. The van der Waals surface area contributed by atoms with Crippen molar-refractivity contribution in [3.05, 3.63) is 26.5 Å². The number of fused-ring (bicyclic) bond motifs is 1. The van der Waals surface area contributed by atoms with Crippen LogP contribution in [0.25, 0.3) is 11.0 Å². The molecule has 0 fully saturated rings. The highest BCUT2D eigenvalue weighted by atomic mass is 16.2. The van der Waals surface area contributed by atoms with Gasteiger partial charge in [-0.05, 0) is 12.3 Å². The van der Waals surface area contributed by atoms with Crippen LogP contribution >= 0.6 is 0 Å². The summed E-state index contributed by atoms with van der Waals surface area (Å²) in [5, 5.41) is 0.333. The summed E-state index contributed by atoms with van der Waals surface area (Å²) in [4.78, 5) is 34.1. The summed E-state index contributed by atoms with van der Waals surface area (Å²) < 4.78 is 1.01. The normalized spacial score (nSPS) is 11.3. The lowest BCUT2D eigenvalue weighted by Crippen LogP contribution is -2.33. The minimum absolute atomic E-state index is 0.0575. The summed E-state index contributed by atoms with van der Waals surface area (Å²) in [6.45, 7) is 4.03. The molecule has 2 aromatic rings. The molecule has 0 saturated carbocycles. The maximum atomic E-state index is 12.1. The summed E-state index contributed by atoms with van der Waals surface area (Å²) >= 11 is 0. The van der Waals surface area contributed by atoms with Crippen LogP contribution in [0.15, 0.2) is 9.59 Å². The zero-order valence-electron chi connectivity index (χ0n) is 10.5. The fourth-order valence-electron chi connectivity index (χ4n) is 1.82. The highest BCUT2D eigenvalue weighted by Gasteiger charge is 2.14. The molecule has 0 spiro atoms. The van der Waals surface area contributed by atoms with Gasteiger partial charge in [-0.25, -0.2) is 9.78 Å². The van der Waals surface area contributed by atoms with E-state index >= 15 is 0 Å². The Morgan fingerprint density at radius 3 is 2.61 bits per heavy atom. The predicted molar refractivity (Wildman–Crippen MR) is 68.4 cm³/mol. The summed E-state index contributed by atoms with van der Waals surface area (Å²) in [5.74, 6) is 0.376. The van der Waals surface area contributed by atoms with Gasteiger partial charge in [0.25, 0.3) is 5.56 Å². The molecule has 2 heterocycles. The lowest BCUT2D eigenvalue weighted by molar-refractivity contribution is 0.637. The Morgan fingerprint density at radius 1 is 1.33 bits per heavy atom. The van der Waals surface area contributed by atoms with Crippen molar-refractivity contribution in [3.63, 3.8) is 0 Å². The Bertz CT molecular complexity index is 714. The van der Waals surface area contributed by atoms with Crippen LogP contribution in [-0.4, -0.2) is 19.5 Å². The number of nitrogen functional groups attached to an aromatic ring is 1. The van der Waals surface area contributed by atoms with E-state index in [9.17, 15) is 9.59 Å². The van der Waals surface area contributed by atoms with Gasteiger partial charge in [0.05, 0.1) is 5.69 Å². The zero-order valence-corrected chi connectivity index (χ0v) is 10.5. The number of H-pyrrole nitrogens is 1. The van der Waals surface area contributed by atoms with Crippen molar-refractivity contribution in [1.82, 2.24) is 19.5 Å². The molecule has 0 aliphatic heterocycles. The van der Waals surface area contributed by atoms with Gasteiger partial charge < -0.3 is 5.73 Å². The predicted octanol–water partition coefficient (Wildman–Crippen LogP) is -0.203. The molecule has 0 aliphatic carbocycles. The van der Waals surface area contributed by atoms with E-state index in [-0.39, 0.29) is 11.6 Å². The zero-order chi connectivity index (χ0) is 13.4. The first kappa shape index (κ1) is 12.3. The molecule has 0 unspecified atom stereocenters. The molecule has 96 valence electrons. The molecule has 7 heteroatoms. The smallest absolute Gasteiger partial charge is 0.329 e. The Kier molecular flexibility index (Phi) is 2.90. The van der Waals surface area contributed by atoms with Gasteiger partial charge in [0.1, 0.15) is 5.39 Å². The van der Waals surface area contributed by atoms with E-state index in [0.717, 1.165) is 4.57 Å². The van der Waals surface area contributed by atoms with Crippen molar-refractivity contribution >= 4 is 17.0 Å². The van der Waals surface area contributed by atoms with Gasteiger partial charge in [0.2, 0.25) is 5.95 Å². The Hall–Kier alpha value is -2.18. The summed E-state index contributed by atoms with van der Waals surface area (Å²) in [5.41, 5.74) is 5.45. The van der Waals surface area contributed by atoms with E-state index in [1.807, 2.05) is 13.8 Å². The van der Waals surface area contributed by atoms with Gasteiger partial charge in [-0.2, -0.15) is 4.98 Å². The third-order valence-corrected chi connectivity index (χ3v) is 2.65. The molecule has 0 amide bonds. The second-order valence-corrected chi connectivity index (χ2v) is 4.64. The maximum Gasteiger partial charge on any atom is 0.329 e. The highest BCUT2D eigenvalue weighted by molar-refractivity contribution is 5.77. The van der Waals surface area contributed by atoms with Crippen molar-refractivity contribution < 1.29 is 0 Å². The first-order valence-electron chi connectivity index (χ1n) is 5.65. The minimum atomic E-state index is -0.513. The number of hydrogen-bond donors (Lipinski definition) is 2. The lowest BCUT2D eigenvalue weighted by atomic mass is 10.1. The molecule has 2 rings (SSSR count). The number of rotatable bonds is 2.